The zero-order valence-electron chi connectivity index (χ0n) is 11.3. The highest BCUT2D eigenvalue weighted by Crippen LogP contribution is 2.13. The molecule has 2 N–H and O–H groups in total. The minimum Gasteiger partial charge on any atom is -0.480 e. The molecule has 0 aliphatic carbocycles. The molecule has 0 bridgehead atoms. The van der Waals surface area contributed by atoms with Crippen LogP contribution in [0.1, 0.15) is 15.9 Å². The van der Waals surface area contributed by atoms with Crippen LogP contribution in [0.4, 0.5) is 0 Å². The van der Waals surface area contributed by atoms with Crippen LogP contribution in [-0.2, 0) is 16.1 Å². The molecule has 1 atom stereocenters. The number of benzene rings is 1. The van der Waals surface area contributed by atoms with Crippen molar-refractivity contribution in [1.82, 2.24) is 10.2 Å². The number of carbonyl (C=O) groups excluding carboxylic acids is 1. The van der Waals surface area contributed by atoms with E-state index in [1.807, 2.05) is 11.0 Å². The maximum atomic E-state index is 11.5. The number of rotatable bonds is 4. The van der Waals surface area contributed by atoms with Crippen molar-refractivity contribution in [3.05, 3.63) is 35.4 Å². The molecule has 1 fully saturated rings. The van der Waals surface area contributed by atoms with Gasteiger partial charge in [-0.2, -0.15) is 0 Å². The molecule has 2 rings (SSSR count). The zero-order valence-corrected chi connectivity index (χ0v) is 11.3. The highest BCUT2D eigenvalue weighted by Gasteiger charge is 2.28. The maximum absolute atomic E-state index is 11.5. The molecular weight excluding hydrogens is 260 g/mol. The Labute approximate surface area is 117 Å². The second-order valence-electron chi connectivity index (χ2n) is 4.72. The van der Waals surface area contributed by atoms with Crippen LogP contribution in [0.5, 0.6) is 0 Å². The molecule has 0 radical (unpaired) electrons. The summed E-state index contributed by atoms with van der Waals surface area (Å²) in [6.07, 6.45) is 0. The first kappa shape index (κ1) is 14.5. The number of piperazine rings is 1. The molecule has 1 heterocycles. The van der Waals surface area contributed by atoms with Gasteiger partial charge in [0, 0.05) is 26.2 Å². The van der Waals surface area contributed by atoms with Gasteiger partial charge in [-0.15, -0.1) is 0 Å². The van der Waals surface area contributed by atoms with Crippen LogP contribution >= 0.6 is 0 Å². The minimum absolute atomic E-state index is 0.387. The number of hydrogen-bond donors (Lipinski definition) is 2. The van der Waals surface area contributed by atoms with Gasteiger partial charge in [0.15, 0.2) is 0 Å². The number of carboxylic acids is 1. The average Bonchev–Trinajstić information content (AvgIpc) is 2.47. The van der Waals surface area contributed by atoms with Gasteiger partial charge in [0.25, 0.3) is 0 Å². The third-order valence-corrected chi connectivity index (χ3v) is 3.37. The summed E-state index contributed by atoms with van der Waals surface area (Å²) < 4.78 is 4.68. The molecule has 1 aliphatic heterocycles. The molecule has 108 valence electrons. The molecule has 0 saturated carbocycles. The van der Waals surface area contributed by atoms with Crippen molar-refractivity contribution in [1.29, 1.82) is 0 Å². The van der Waals surface area contributed by atoms with Crippen molar-refractivity contribution in [2.24, 2.45) is 0 Å². The summed E-state index contributed by atoms with van der Waals surface area (Å²) in [5, 5.41) is 12.3. The molecule has 20 heavy (non-hydrogen) atoms. The Bertz CT molecular complexity index is 504. The molecule has 6 heteroatoms. The smallest absolute Gasteiger partial charge is 0.337 e. The van der Waals surface area contributed by atoms with E-state index in [0.717, 1.165) is 12.1 Å². The molecule has 1 unspecified atom stereocenters. The molecule has 1 aromatic rings. The van der Waals surface area contributed by atoms with Crippen LogP contribution in [0, 0.1) is 0 Å². The average molecular weight is 278 g/mol. The van der Waals surface area contributed by atoms with E-state index in [1.165, 1.54) is 7.11 Å². The number of nitrogens with one attached hydrogen (secondary N) is 1. The maximum Gasteiger partial charge on any atom is 0.337 e. The van der Waals surface area contributed by atoms with E-state index in [0.29, 0.717) is 25.2 Å². The van der Waals surface area contributed by atoms with E-state index in [-0.39, 0.29) is 5.97 Å². The molecule has 0 aromatic heterocycles. The summed E-state index contributed by atoms with van der Waals surface area (Å²) in [5.41, 5.74) is 1.38. The van der Waals surface area contributed by atoms with Gasteiger partial charge < -0.3 is 15.2 Å². The van der Waals surface area contributed by atoms with Gasteiger partial charge in [-0.05, 0) is 17.7 Å². The summed E-state index contributed by atoms with van der Waals surface area (Å²) in [6.45, 7) is 2.37. The minimum atomic E-state index is -0.832. The molecule has 0 amide bonds. The van der Waals surface area contributed by atoms with Crippen LogP contribution in [0.3, 0.4) is 0 Å². The van der Waals surface area contributed by atoms with Crippen molar-refractivity contribution >= 4 is 11.9 Å². The molecular formula is C14H18N2O4. The number of carboxylic acid groups (broad SMARTS) is 1. The van der Waals surface area contributed by atoms with E-state index in [4.69, 9.17) is 0 Å². The third kappa shape index (κ3) is 3.34. The Balaban J connectivity index is 2.12. The standard InChI is InChI=1S/C14H18N2O4/c1-20-14(19)11-4-2-3-10(7-11)9-16-6-5-15-8-12(16)13(17)18/h2-4,7,12,15H,5-6,8-9H2,1H3,(H,17,18). The second kappa shape index (κ2) is 6.49. The summed E-state index contributed by atoms with van der Waals surface area (Å²) in [5.74, 6) is -1.22. The first-order valence-corrected chi connectivity index (χ1v) is 6.46. The summed E-state index contributed by atoms with van der Waals surface area (Å²) in [7, 11) is 1.34. The molecule has 1 aliphatic rings. The van der Waals surface area contributed by atoms with E-state index in [9.17, 15) is 14.7 Å². The van der Waals surface area contributed by atoms with Gasteiger partial charge in [-0.1, -0.05) is 12.1 Å². The number of hydrogen-bond acceptors (Lipinski definition) is 5. The quantitative estimate of drug-likeness (QED) is 0.773. The number of aliphatic carboxylic acids is 1. The second-order valence-corrected chi connectivity index (χ2v) is 4.72. The van der Waals surface area contributed by atoms with Crippen molar-refractivity contribution in [2.45, 2.75) is 12.6 Å². The normalized spacial score (nSPS) is 19.6. The Morgan fingerprint density at radius 3 is 3.00 bits per heavy atom. The monoisotopic (exact) mass is 278 g/mol. The third-order valence-electron chi connectivity index (χ3n) is 3.37. The first-order valence-electron chi connectivity index (χ1n) is 6.46. The summed E-state index contributed by atoms with van der Waals surface area (Å²) in [6, 6.07) is 6.55. The van der Waals surface area contributed by atoms with Gasteiger partial charge in [0.1, 0.15) is 6.04 Å². The Hall–Kier alpha value is -1.92. The topological polar surface area (TPSA) is 78.9 Å². The highest BCUT2D eigenvalue weighted by molar-refractivity contribution is 5.89. The number of ether oxygens (including phenoxy) is 1. The first-order chi connectivity index (χ1) is 9.61. The van der Waals surface area contributed by atoms with E-state index in [2.05, 4.69) is 10.1 Å². The lowest BCUT2D eigenvalue weighted by molar-refractivity contribution is -0.144. The number of esters is 1. The van der Waals surface area contributed by atoms with Crippen LogP contribution in [0.15, 0.2) is 24.3 Å². The van der Waals surface area contributed by atoms with Crippen molar-refractivity contribution in [3.8, 4) is 0 Å². The SMILES string of the molecule is COC(=O)c1cccc(CN2CCNCC2C(=O)O)c1. The van der Waals surface area contributed by atoms with Crippen molar-refractivity contribution in [2.75, 3.05) is 26.7 Å². The molecule has 1 aromatic carbocycles. The number of carbonyl (C=O) groups is 2. The summed E-state index contributed by atoms with van der Waals surface area (Å²) in [4.78, 5) is 24.6. The van der Waals surface area contributed by atoms with Gasteiger partial charge in [-0.25, -0.2) is 4.79 Å². The van der Waals surface area contributed by atoms with Gasteiger partial charge in [0.2, 0.25) is 0 Å². The fraction of sp³-hybridized carbons (Fsp3) is 0.429. The number of nitrogens with zero attached hydrogens (tertiary/aromatic N) is 1. The van der Waals surface area contributed by atoms with Crippen LogP contribution in [0.2, 0.25) is 0 Å². The zero-order chi connectivity index (χ0) is 14.5. The Morgan fingerprint density at radius 2 is 2.30 bits per heavy atom. The summed E-state index contributed by atoms with van der Waals surface area (Å²) >= 11 is 0. The lowest BCUT2D eigenvalue weighted by Gasteiger charge is -2.33. The van der Waals surface area contributed by atoms with Crippen LogP contribution in [-0.4, -0.2) is 54.7 Å². The van der Waals surface area contributed by atoms with E-state index in [1.54, 1.807) is 18.2 Å². The van der Waals surface area contributed by atoms with Crippen molar-refractivity contribution < 1.29 is 19.4 Å². The lowest BCUT2D eigenvalue weighted by Crippen LogP contribution is -2.54. The predicted octanol–water partition coefficient (Wildman–Crippen LogP) is 0.332. The van der Waals surface area contributed by atoms with E-state index >= 15 is 0 Å². The molecule has 1 saturated heterocycles. The van der Waals surface area contributed by atoms with Gasteiger partial charge in [0.05, 0.1) is 12.7 Å². The Morgan fingerprint density at radius 1 is 1.50 bits per heavy atom. The van der Waals surface area contributed by atoms with Crippen LogP contribution in [0.25, 0.3) is 0 Å². The fourth-order valence-electron chi connectivity index (χ4n) is 2.33. The van der Waals surface area contributed by atoms with Crippen molar-refractivity contribution in [3.63, 3.8) is 0 Å². The number of methoxy groups -OCH3 is 1. The highest BCUT2D eigenvalue weighted by atomic mass is 16.5. The lowest BCUT2D eigenvalue weighted by atomic mass is 10.1. The largest absolute Gasteiger partial charge is 0.480 e. The van der Waals surface area contributed by atoms with Crippen LogP contribution < -0.4 is 5.32 Å². The fourth-order valence-corrected chi connectivity index (χ4v) is 2.33. The van der Waals surface area contributed by atoms with E-state index < -0.39 is 12.0 Å². The van der Waals surface area contributed by atoms with Gasteiger partial charge in [-0.3, -0.25) is 9.69 Å². The Kier molecular flexibility index (Phi) is 4.70. The molecule has 0 spiro atoms. The molecule has 6 nitrogen and oxygen atoms in total. The predicted molar refractivity (Wildman–Crippen MR) is 72.5 cm³/mol. The van der Waals surface area contributed by atoms with Gasteiger partial charge >= 0.3 is 11.9 Å².